The minimum absolute atomic E-state index is 0.0446. The van der Waals surface area contributed by atoms with Gasteiger partial charge in [0.15, 0.2) is 5.69 Å². The highest BCUT2D eigenvalue weighted by atomic mass is 35.5. The summed E-state index contributed by atoms with van der Waals surface area (Å²) in [5.41, 5.74) is -1.99. The third-order valence-electron chi connectivity index (χ3n) is 3.68. The van der Waals surface area contributed by atoms with Crippen LogP contribution in [-0.2, 0) is 18.9 Å². The largest absolute Gasteiger partial charge is 0.436 e. The molecule has 2 amide bonds. The molecule has 1 aromatic carbocycles. The summed E-state index contributed by atoms with van der Waals surface area (Å²) in [7, 11) is 0. The normalized spacial score (nSPS) is 12.1. The summed E-state index contributed by atoms with van der Waals surface area (Å²) in [6.07, 6.45) is -8.98. The lowest BCUT2D eigenvalue weighted by Gasteiger charge is -2.11. The fraction of sp³-hybridized carbons (Fsp3) is 0.375. The summed E-state index contributed by atoms with van der Waals surface area (Å²) in [4.78, 5) is 11.7. The Balaban J connectivity index is 1.85. The van der Waals surface area contributed by atoms with Crippen LogP contribution in [0.2, 0.25) is 5.02 Å². The average molecular weight is 429 g/mol. The second kappa shape index (κ2) is 8.29. The number of halogens is 7. The first-order valence-electron chi connectivity index (χ1n) is 7.92. The molecular weight excluding hydrogens is 414 g/mol. The molecular formula is C16H15ClF6N4O. The molecule has 154 valence electrons. The van der Waals surface area contributed by atoms with Crippen LogP contribution in [0.1, 0.15) is 23.4 Å². The van der Waals surface area contributed by atoms with E-state index in [9.17, 15) is 31.1 Å². The molecule has 0 unspecified atom stereocenters. The number of nitrogens with zero attached hydrogens (tertiary/aromatic N) is 2. The number of amides is 2. The van der Waals surface area contributed by atoms with Crippen molar-refractivity contribution >= 4 is 23.3 Å². The van der Waals surface area contributed by atoms with Crippen LogP contribution in [0.25, 0.3) is 0 Å². The average Bonchev–Trinajstić information content (AvgIpc) is 2.86. The smallest absolute Gasteiger partial charge is 0.338 e. The number of carbonyl (C=O) groups is 1. The minimum Gasteiger partial charge on any atom is -0.338 e. The molecule has 0 bridgehead atoms. The molecule has 12 heteroatoms. The van der Waals surface area contributed by atoms with E-state index in [0.29, 0.717) is 0 Å². The Bertz CT molecular complexity index is 847. The van der Waals surface area contributed by atoms with Gasteiger partial charge in [0.1, 0.15) is 0 Å². The zero-order valence-corrected chi connectivity index (χ0v) is 15.1. The first-order chi connectivity index (χ1) is 12.9. The number of hydrogen-bond donors (Lipinski definition) is 2. The van der Waals surface area contributed by atoms with Gasteiger partial charge in [-0.25, -0.2) is 4.79 Å². The van der Waals surface area contributed by atoms with Gasteiger partial charge in [0.25, 0.3) is 0 Å². The molecule has 2 N–H and O–H groups in total. The highest BCUT2D eigenvalue weighted by Gasteiger charge is 2.38. The standard InChI is InChI=1S/C16H15ClF6N4O/c1-9-12(17)13(16(21,22)23)26-27(9)7-3-6-24-14(28)25-11-5-2-4-10(8-11)15(18,19)20/h2,4-5,8H,3,6-7H2,1H3,(H2,24,25,28). The summed E-state index contributed by atoms with van der Waals surface area (Å²) in [6.45, 7) is 1.51. The molecule has 0 aliphatic carbocycles. The van der Waals surface area contributed by atoms with Gasteiger partial charge < -0.3 is 10.6 Å². The molecule has 0 saturated heterocycles. The van der Waals surface area contributed by atoms with Crippen molar-refractivity contribution in [3.63, 3.8) is 0 Å². The van der Waals surface area contributed by atoms with Crippen molar-refractivity contribution in [2.24, 2.45) is 0 Å². The summed E-state index contributed by atoms with van der Waals surface area (Å²) in [6, 6.07) is 3.36. The van der Waals surface area contributed by atoms with E-state index in [1.165, 1.54) is 13.0 Å². The van der Waals surface area contributed by atoms with Crippen LogP contribution < -0.4 is 10.6 Å². The topological polar surface area (TPSA) is 59.0 Å². The van der Waals surface area contributed by atoms with Crippen LogP contribution in [0, 0.1) is 6.92 Å². The first kappa shape index (κ1) is 21.9. The predicted molar refractivity (Wildman–Crippen MR) is 90.1 cm³/mol. The van der Waals surface area contributed by atoms with Crippen molar-refractivity contribution in [1.29, 1.82) is 0 Å². The molecule has 1 heterocycles. The molecule has 28 heavy (non-hydrogen) atoms. The van der Waals surface area contributed by atoms with E-state index in [4.69, 9.17) is 11.6 Å². The number of rotatable bonds is 5. The lowest BCUT2D eigenvalue weighted by atomic mass is 10.2. The Labute approximate surface area is 160 Å². The van der Waals surface area contributed by atoms with E-state index in [1.54, 1.807) is 0 Å². The first-order valence-corrected chi connectivity index (χ1v) is 8.29. The van der Waals surface area contributed by atoms with Crippen molar-refractivity contribution in [2.45, 2.75) is 32.2 Å². The van der Waals surface area contributed by atoms with E-state index < -0.39 is 34.7 Å². The minimum atomic E-state index is -4.67. The predicted octanol–water partition coefficient (Wildman–Crippen LogP) is 5.09. The number of carbonyl (C=O) groups excluding carboxylic acids is 1. The molecule has 0 aliphatic heterocycles. The van der Waals surface area contributed by atoms with E-state index in [1.807, 2.05) is 0 Å². The molecule has 2 aromatic rings. The summed E-state index contributed by atoms with van der Waals surface area (Å²) in [5.74, 6) is 0. The van der Waals surface area contributed by atoms with Gasteiger partial charge in [-0.05, 0) is 31.5 Å². The highest BCUT2D eigenvalue weighted by Crippen LogP contribution is 2.35. The second-order valence-corrected chi connectivity index (χ2v) is 6.16. The van der Waals surface area contributed by atoms with Crippen LogP contribution >= 0.6 is 11.6 Å². The number of hydrogen-bond acceptors (Lipinski definition) is 2. The summed E-state index contributed by atoms with van der Waals surface area (Å²) >= 11 is 5.63. The molecule has 0 fully saturated rings. The van der Waals surface area contributed by atoms with E-state index >= 15 is 0 Å². The van der Waals surface area contributed by atoms with Gasteiger partial charge in [0.2, 0.25) is 0 Å². The Hall–Kier alpha value is -2.43. The van der Waals surface area contributed by atoms with Crippen LogP contribution in [0.5, 0.6) is 0 Å². The van der Waals surface area contributed by atoms with E-state index in [2.05, 4.69) is 15.7 Å². The molecule has 0 radical (unpaired) electrons. The van der Waals surface area contributed by atoms with E-state index in [-0.39, 0.29) is 30.9 Å². The maximum absolute atomic E-state index is 12.7. The number of aryl methyl sites for hydroxylation is 1. The fourth-order valence-electron chi connectivity index (χ4n) is 2.30. The number of urea groups is 1. The summed E-state index contributed by atoms with van der Waals surface area (Å²) < 4.78 is 77.2. The monoisotopic (exact) mass is 428 g/mol. The van der Waals surface area contributed by atoms with Gasteiger partial charge in [0.05, 0.1) is 16.3 Å². The molecule has 0 atom stereocenters. The van der Waals surface area contributed by atoms with Crippen LogP contribution in [0.3, 0.4) is 0 Å². The van der Waals surface area contributed by atoms with Gasteiger partial charge in [-0.15, -0.1) is 0 Å². The SMILES string of the molecule is Cc1c(Cl)c(C(F)(F)F)nn1CCCNC(=O)Nc1cccc(C(F)(F)F)c1. The lowest BCUT2D eigenvalue weighted by molar-refractivity contribution is -0.141. The van der Waals surface area contributed by atoms with Crippen molar-refractivity contribution in [1.82, 2.24) is 15.1 Å². The van der Waals surface area contributed by atoms with Crippen molar-refractivity contribution in [3.8, 4) is 0 Å². The zero-order chi connectivity index (χ0) is 21.1. The van der Waals surface area contributed by atoms with Crippen LogP contribution in [0.4, 0.5) is 36.8 Å². The van der Waals surface area contributed by atoms with Gasteiger partial charge in [0, 0.05) is 18.8 Å². The molecule has 0 aliphatic rings. The van der Waals surface area contributed by atoms with Crippen molar-refractivity contribution < 1.29 is 31.1 Å². The fourth-order valence-corrected chi connectivity index (χ4v) is 2.54. The zero-order valence-electron chi connectivity index (χ0n) is 14.4. The molecule has 2 rings (SSSR count). The number of nitrogens with one attached hydrogen (secondary N) is 2. The van der Waals surface area contributed by atoms with Gasteiger partial charge in [-0.2, -0.15) is 31.4 Å². The molecule has 0 spiro atoms. The third kappa shape index (κ3) is 5.54. The molecule has 1 aromatic heterocycles. The van der Waals surface area contributed by atoms with Crippen LogP contribution in [0.15, 0.2) is 24.3 Å². The van der Waals surface area contributed by atoms with Crippen LogP contribution in [-0.4, -0.2) is 22.4 Å². The van der Waals surface area contributed by atoms with Gasteiger partial charge in [-0.3, -0.25) is 4.68 Å². The molecule has 5 nitrogen and oxygen atoms in total. The van der Waals surface area contributed by atoms with Crippen molar-refractivity contribution in [2.75, 3.05) is 11.9 Å². The quantitative estimate of drug-likeness (QED) is 0.514. The van der Waals surface area contributed by atoms with Gasteiger partial charge in [-0.1, -0.05) is 17.7 Å². The summed E-state index contributed by atoms with van der Waals surface area (Å²) in [5, 5.41) is 7.60. The Morgan fingerprint density at radius 3 is 2.43 bits per heavy atom. The number of anilines is 1. The Morgan fingerprint density at radius 1 is 1.18 bits per heavy atom. The van der Waals surface area contributed by atoms with Gasteiger partial charge >= 0.3 is 18.4 Å². The lowest BCUT2D eigenvalue weighted by Crippen LogP contribution is -2.30. The number of aromatic nitrogens is 2. The number of benzene rings is 1. The second-order valence-electron chi connectivity index (χ2n) is 5.78. The highest BCUT2D eigenvalue weighted by molar-refractivity contribution is 6.31. The third-order valence-corrected chi connectivity index (χ3v) is 4.13. The maximum Gasteiger partial charge on any atom is 0.436 e. The maximum atomic E-state index is 12.7. The van der Waals surface area contributed by atoms with E-state index in [0.717, 1.165) is 22.9 Å². The Morgan fingerprint density at radius 2 is 1.86 bits per heavy atom. The molecule has 0 saturated carbocycles. The Kier molecular flexibility index (Phi) is 6.48. The number of alkyl halides is 6. The van der Waals surface area contributed by atoms with Crippen molar-refractivity contribution in [3.05, 3.63) is 46.2 Å².